The molecule has 0 bridgehead atoms. The highest BCUT2D eigenvalue weighted by molar-refractivity contribution is 6.01. The van der Waals surface area contributed by atoms with Crippen LogP contribution in [-0.4, -0.2) is 22.5 Å². The van der Waals surface area contributed by atoms with Crippen LogP contribution in [0.4, 0.5) is 5.95 Å². The van der Waals surface area contributed by atoms with E-state index < -0.39 is 0 Å². The smallest absolute Gasteiger partial charge is 0.250 e. The van der Waals surface area contributed by atoms with Crippen molar-refractivity contribution in [2.45, 2.75) is 6.92 Å². The fourth-order valence-electron chi connectivity index (χ4n) is 2.18. The molecule has 2 N–H and O–H groups in total. The van der Waals surface area contributed by atoms with Crippen LogP contribution in [0.1, 0.15) is 12.5 Å². The van der Waals surface area contributed by atoms with E-state index in [1.54, 1.807) is 6.08 Å². The quantitative estimate of drug-likeness (QED) is 0.708. The summed E-state index contributed by atoms with van der Waals surface area (Å²) in [5.74, 6) is 1.02. The lowest BCUT2D eigenvalue weighted by Gasteiger charge is -2.02. The normalized spacial score (nSPS) is 11.0. The van der Waals surface area contributed by atoms with E-state index in [1.165, 1.54) is 6.08 Å². The lowest BCUT2D eigenvalue weighted by Crippen LogP contribution is -2.08. The zero-order chi connectivity index (χ0) is 16.1. The van der Waals surface area contributed by atoms with Crippen LogP contribution in [0, 0.1) is 0 Å². The van der Waals surface area contributed by atoms with Crippen molar-refractivity contribution in [3.63, 3.8) is 0 Å². The topological polar surface area (TPSA) is 67.0 Å². The van der Waals surface area contributed by atoms with Gasteiger partial charge in [0.05, 0.1) is 17.6 Å². The van der Waals surface area contributed by atoms with E-state index in [1.807, 2.05) is 55.5 Å². The van der Waals surface area contributed by atoms with Crippen molar-refractivity contribution >= 4 is 29.0 Å². The van der Waals surface area contributed by atoms with E-state index in [4.69, 9.17) is 4.74 Å². The molecule has 1 aromatic heterocycles. The standard InChI is InChI=1S/C18H17N3O2/c1-2-23-14-10-7-13(8-11-14)9-12-17(22)21-18-19-15-5-3-4-6-16(15)20-18/h3-12H,2H2,1H3,(H2,19,20,21,22)/b12-9+. The number of ether oxygens (including phenoxy) is 1. The molecule has 0 saturated carbocycles. The lowest BCUT2D eigenvalue weighted by molar-refractivity contribution is -0.111. The minimum absolute atomic E-state index is 0.238. The average Bonchev–Trinajstić information content (AvgIpc) is 2.96. The van der Waals surface area contributed by atoms with E-state index in [2.05, 4.69) is 15.3 Å². The minimum Gasteiger partial charge on any atom is -0.494 e. The van der Waals surface area contributed by atoms with E-state index in [0.717, 1.165) is 22.3 Å². The molecule has 0 aliphatic carbocycles. The summed E-state index contributed by atoms with van der Waals surface area (Å²) in [4.78, 5) is 19.3. The molecule has 2 aromatic carbocycles. The van der Waals surface area contributed by atoms with Crippen molar-refractivity contribution in [3.8, 4) is 5.75 Å². The van der Waals surface area contributed by atoms with E-state index >= 15 is 0 Å². The number of nitrogens with one attached hydrogen (secondary N) is 2. The molecule has 3 rings (SSSR count). The number of benzene rings is 2. The van der Waals surface area contributed by atoms with Gasteiger partial charge in [-0.1, -0.05) is 24.3 Å². The molecular weight excluding hydrogens is 290 g/mol. The number of aromatic nitrogens is 2. The molecule has 0 radical (unpaired) electrons. The molecule has 1 heterocycles. The van der Waals surface area contributed by atoms with Gasteiger partial charge in [-0.05, 0) is 42.8 Å². The summed E-state index contributed by atoms with van der Waals surface area (Å²) in [6.45, 7) is 2.57. The molecule has 3 aromatic rings. The maximum absolute atomic E-state index is 11.9. The molecule has 23 heavy (non-hydrogen) atoms. The van der Waals surface area contributed by atoms with Crippen LogP contribution < -0.4 is 10.1 Å². The molecule has 5 heteroatoms. The van der Waals surface area contributed by atoms with Gasteiger partial charge in [0.25, 0.3) is 5.91 Å². The van der Waals surface area contributed by atoms with Gasteiger partial charge in [-0.2, -0.15) is 0 Å². The first-order valence-corrected chi connectivity index (χ1v) is 7.41. The third kappa shape index (κ3) is 3.77. The SMILES string of the molecule is CCOc1ccc(/C=C/C(=O)Nc2nc3ccccc3[nH]2)cc1. The van der Waals surface area contributed by atoms with Gasteiger partial charge in [-0.25, -0.2) is 4.98 Å². The Bertz CT molecular complexity index is 802. The van der Waals surface area contributed by atoms with Crippen LogP contribution in [0.5, 0.6) is 5.75 Å². The Balaban J connectivity index is 1.64. The monoisotopic (exact) mass is 307 g/mol. The van der Waals surface area contributed by atoms with Gasteiger partial charge in [0.15, 0.2) is 0 Å². The predicted molar refractivity (Wildman–Crippen MR) is 91.4 cm³/mol. The van der Waals surface area contributed by atoms with Crippen LogP contribution in [0.15, 0.2) is 54.6 Å². The maximum atomic E-state index is 11.9. The molecule has 0 fully saturated rings. The third-order valence-corrected chi connectivity index (χ3v) is 3.25. The summed E-state index contributed by atoms with van der Waals surface area (Å²) in [6.07, 6.45) is 3.22. The number of anilines is 1. The molecular formula is C18H17N3O2. The number of carbonyl (C=O) groups excluding carboxylic acids is 1. The van der Waals surface area contributed by atoms with Crippen LogP contribution >= 0.6 is 0 Å². The number of hydrogen-bond donors (Lipinski definition) is 2. The van der Waals surface area contributed by atoms with E-state index in [0.29, 0.717) is 12.6 Å². The Morgan fingerprint density at radius 2 is 2.00 bits per heavy atom. The molecule has 1 amide bonds. The summed E-state index contributed by atoms with van der Waals surface area (Å²) in [5, 5.41) is 2.72. The van der Waals surface area contributed by atoms with Crippen molar-refractivity contribution in [1.82, 2.24) is 9.97 Å². The number of aromatic amines is 1. The molecule has 0 saturated heterocycles. The minimum atomic E-state index is -0.238. The Morgan fingerprint density at radius 1 is 1.22 bits per heavy atom. The van der Waals surface area contributed by atoms with Gasteiger partial charge in [0, 0.05) is 6.08 Å². The molecule has 0 aliphatic rings. The summed E-state index contributed by atoms with van der Waals surface area (Å²) in [5.41, 5.74) is 2.63. The van der Waals surface area contributed by atoms with Crippen LogP contribution in [0.3, 0.4) is 0 Å². The van der Waals surface area contributed by atoms with Gasteiger partial charge in [-0.15, -0.1) is 0 Å². The summed E-state index contributed by atoms with van der Waals surface area (Å²) >= 11 is 0. The first-order valence-electron chi connectivity index (χ1n) is 7.41. The fraction of sp³-hybridized carbons (Fsp3) is 0.111. The molecule has 5 nitrogen and oxygen atoms in total. The summed E-state index contributed by atoms with van der Waals surface area (Å²) in [7, 11) is 0. The molecule has 0 atom stereocenters. The Labute approximate surface area is 134 Å². The number of nitrogens with zero attached hydrogens (tertiary/aromatic N) is 1. The summed E-state index contributed by atoms with van der Waals surface area (Å²) in [6, 6.07) is 15.2. The van der Waals surface area contributed by atoms with Gasteiger partial charge >= 0.3 is 0 Å². The lowest BCUT2D eigenvalue weighted by atomic mass is 10.2. The number of rotatable bonds is 5. The van der Waals surface area contributed by atoms with E-state index in [9.17, 15) is 4.79 Å². The second-order valence-corrected chi connectivity index (χ2v) is 4.93. The Hall–Kier alpha value is -3.08. The Morgan fingerprint density at radius 3 is 2.74 bits per heavy atom. The van der Waals surface area contributed by atoms with Gasteiger partial charge in [0.2, 0.25) is 5.95 Å². The number of fused-ring (bicyclic) bond motifs is 1. The molecule has 0 aliphatic heterocycles. The summed E-state index contributed by atoms with van der Waals surface area (Å²) < 4.78 is 5.38. The number of H-pyrrole nitrogens is 1. The van der Waals surface area contributed by atoms with Gasteiger partial charge in [0.1, 0.15) is 5.75 Å². The van der Waals surface area contributed by atoms with Crippen molar-refractivity contribution in [1.29, 1.82) is 0 Å². The first-order chi connectivity index (χ1) is 11.2. The maximum Gasteiger partial charge on any atom is 0.250 e. The van der Waals surface area contributed by atoms with Gasteiger partial charge in [-0.3, -0.25) is 10.1 Å². The van der Waals surface area contributed by atoms with Crippen LogP contribution in [0.25, 0.3) is 17.1 Å². The van der Waals surface area contributed by atoms with E-state index in [-0.39, 0.29) is 5.91 Å². The second-order valence-electron chi connectivity index (χ2n) is 4.93. The average molecular weight is 307 g/mol. The zero-order valence-electron chi connectivity index (χ0n) is 12.7. The largest absolute Gasteiger partial charge is 0.494 e. The number of hydrogen-bond acceptors (Lipinski definition) is 3. The predicted octanol–water partition coefficient (Wildman–Crippen LogP) is 3.61. The molecule has 0 unspecified atom stereocenters. The van der Waals surface area contributed by atoms with Crippen LogP contribution in [0.2, 0.25) is 0 Å². The fourth-order valence-corrected chi connectivity index (χ4v) is 2.18. The van der Waals surface area contributed by atoms with Crippen molar-refractivity contribution in [3.05, 3.63) is 60.2 Å². The molecule has 116 valence electrons. The van der Waals surface area contributed by atoms with Gasteiger partial charge < -0.3 is 9.72 Å². The highest BCUT2D eigenvalue weighted by Gasteiger charge is 2.03. The number of imidazole rings is 1. The molecule has 0 spiro atoms. The Kier molecular flexibility index (Phi) is 4.38. The highest BCUT2D eigenvalue weighted by atomic mass is 16.5. The van der Waals surface area contributed by atoms with Crippen LogP contribution in [-0.2, 0) is 4.79 Å². The highest BCUT2D eigenvalue weighted by Crippen LogP contribution is 2.14. The number of carbonyl (C=O) groups is 1. The number of para-hydroxylation sites is 2. The first kappa shape index (κ1) is 14.8. The third-order valence-electron chi connectivity index (χ3n) is 3.25. The second kappa shape index (κ2) is 6.79. The van der Waals surface area contributed by atoms with Crippen molar-refractivity contribution < 1.29 is 9.53 Å². The van der Waals surface area contributed by atoms with Crippen molar-refractivity contribution in [2.75, 3.05) is 11.9 Å². The number of amides is 1. The van der Waals surface area contributed by atoms with Crippen molar-refractivity contribution in [2.24, 2.45) is 0 Å². The zero-order valence-corrected chi connectivity index (χ0v) is 12.7.